The summed E-state index contributed by atoms with van der Waals surface area (Å²) in [6, 6.07) is 24.3. The van der Waals surface area contributed by atoms with Crippen LogP contribution in [0.2, 0.25) is 0 Å². The Labute approximate surface area is 199 Å². The molecule has 4 aromatic rings. The van der Waals surface area contributed by atoms with Crippen molar-refractivity contribution < 1.29 is 18.7 Å². The maximum Gasteiger partial charge on any atom is 0.146 e. The van der Waals surface area contributed by atoms with Gasteiger partial charge in [-0.15, -0.1) is 0 Å². The first-order valence-corrected chi connectivity index (χ1v) is 10.9. The van der Waals surface area contributed by atoms with Crippen LogP contribution in [0.25, 0.3) is 16.9 Å². The topological polar surface area (TPSA) is 45.0 Å². The van der Waals surface area contributed by atoms with Crippen LogP contribution in [0.1, 0.15) is 23.7 Å². The molecule has 0 unspecified atom stereocenters. The molecule has 6 heteroatoms. The number of ether oxygens (including phenoxy) is 2. The van der Waals surface area contributed by atoms with Crippen molar-refractivity contribution >= 4 is 5.71 Å². The van der Waals surface area contributed by atoms with E-state index in [9.17, 15) is 4.39 Å². The van der Waals surface area contributed by atoms with Gasteiger partial charge in [-0.1, -0.05) is 47.6 Å². The maximum atomic E-state index is 13.4. The fraction of sp³-hybridized carbons (Fsp3) is 0.179. The van der Waals surface area contributed by atoms with Gasteiger partial charge in [0.2, 0.25) is 0 Å². The molecule has 0 aliphatic carbocycles. The van der Waals surface area contributed by atoms with E-state index in [1.54, 1.807) is 26.4 Å². The molecule has 0 spiro atoms. The summed E-state index contributed by atoms with van der Waals surface area (Å²) < 4.78 is 26.7. The summed E-state index contributed by atoms with van der Waals surface area (Å²) in [5, 5.41) is 4.32. The molecule has 0 aliphatic heterocycles. The standard InChI is InChI=1S/C28H27FN2O3/c1-19(30-34-18-21-9-8-12-23(29)15-21)25-17-27(22-10-6-5-7-11-22)31(20(25)2)26-14-13-24(32-3)16-28(26)33-4/h5-17H,18H2,1-4H3/b30-19+. The number of aromatic nitrogens is 1. The van der Waals surface area contributed by atoms with Gasteiger partial charge in [0.25, 0.3) is 0 Å². The van der Waals surface area contributed by atoms with E-state index in [-0.39, 0.29) is 12.4 Å². The van der Waals surface area contributed by atoms with Crippen LogP contribution in [0.15, 0.2) is 84.0 Å². The Morgan fingerprint density at radius 1 is 0.912 bits per heavy atom. The van der Waals surface area contributed by atoms with Crippen LogP contribution < -0.4 is 9.47 Å². The zero-order valence-electron chi connectivity index (χ0n) is 19.7. The first-order valence-electron chi connectivity index (χ1n) is 10.9. The van der Waals surface area contributed by atoms with E-state index in [1.807, 2.05) is 50.2 Å². The van der Waals surface area contributed by atoms with Gasteiger partial charge in [0.05, 0.1) is 31.3 Å². The predicted molar refractivity (Wildman–Crippen MR) is 132 cm³/mol. The molecule has 5 nitrogen and oxygen atoms in total. The highest BCUT2D eigenvalue weighted by Gasteiger charge is 2.19. The summed E-state index contributed by atoms with van der Waals surface area (Å²) in [4.78, 5) is 5.55. The lowest BCUT2D eigenvalue weighted by Gasteiger charge is -2.16. The number of oxime groups is 1. The summed E-state index contributed by atoms with van der Waals surface area (Å²) in [5.41, 5.74) is 6.31. The van der Waals surface area contributed by atoms with Crippen LogP contribution in [0, 0.1) is 12.7 Å². The molecule has 1 heterocycles. The lowest BCUT2D eigenvalue weighted by Crippen LogP contribution is -2.04. The molecule has 34 heavy (non-hydrogen) atoms. The first-order chi connectivity index (χ1) is 16.5. The average Bonchev–Trinajstić information content (AvgIpc) is 3.21. The van der Waals surface area contributed by atoms with Crippen LogP contribution in [0.4, 0.5) is 4.39 Å². The minimum absolute atomic E-state index is 0.187. The molecule has 0 bridgehead atoms. The molecule has 1 aromatic heterocycles. The van der Waals surface area contributed by atoms with Gasteiger partial charge in [-0.25, -0.2) is 4.39 Å². The molecule has 3 aromatic carbocycles. The summed E-state index contributed by atoms with van der Waals surface area (Å²) in [7, 11) is 3.28. The van der Waals surface area contributed by atoms with E-state index < -0.39 is 0 Å². The van der Waals surface area contributed by atoms with Crippen molar-refractivity contribution in [3.8, 4) is 28.4 Å². The molecule has 4 rings (SSSR count). The van der Waals surface area contributed by atoms with Gasteiger partial charge in [-0.2, -0.15) is 0 Å². The zero-order valence-corrected chi connectivity index (χ0v) is 19.7. The molecule has 0 saturated heterocycles. The normalized spacial score (nSPS) is 11.4. The third kappa shape index (κ3) is 4.81. The third-order valence-electron chi connectivity index (χ3n) is 5.66. The van der Waals surface area contributed by atoms with E-state index in [1.165, 1.54) is 12.1 Å². The highest BCUT2D eigenvalue weighted by molar-refractivity contribution is 6.01. The van der Waals surface area contributed by atoms with Crippen molar-refractivity contribution in [2.75, 3.05) is 14.2 Å². The smallest absolute Gasteiger partial charge is 0.146 e. The summed E-state index contributed by atoms with van der Waals surface area (Å²) in [6.07, 6.45) is 0. The molecule has 0 atom stereocenters. The second kappa shape index (κ2) is 10.3. The first kappa shape index (κ1) is 23.1. The monoisotopic (exact) mass is 458 g/mol. The van der Waals surface area contributed by atoms with Crippen LogP contribution in [-0.4, -0.2) is 24.5 Å². The van der Waals surface area contributed by atoms with Gasteiger partial charge in [-0.05, 0) is 55.3 Å². The fourth-order valence-electron chi connectivity index (χ4n) is 3.95. The average molecular weight is 459 g/mol. The Balaban J connectivity index is 1.76. The summed E-state index contributed by atoms with van der Waals surface area (Å²) >= 11 is 0. The van der Waals surface area contributed by atoms with Crippen molar-refractivity contribution in [1.29, 1.82) is 0 Å². The van der Waals surface area contributed by atoms with E-state index in [0.29, 0.717) is 5.75 Å². The second-order valence-electron chi connectivity index (χ2n) is 7.85. The minimum Gasteiger partial charge on any atom is -0.497 e. The lowest BCUT2D eigenvalue weighted by atomic mass is 10.1. The van der Waals surface area contributed by atoms with E-state index in [2.05, 4.69) is 27.9 Å². The van der Waals surface area contributed by atoms with Crippen molar-refractivity contribution in [3.63, 3.8) is 0 Å². The predicted octanol–water partition coefficient (Wildman–Crippen LogP) is 6.55. The Bertz CT molecular complexity index is 1310. The van der Waals surface area contributed by atoms with Gasteiger partial charge in [0, 0.05) is 17.3 Å². The Hall–Kier alpha value is -4.06. The molecular weight excluding hydrogens is 431 g/mol. The zero-order chi connectivity index (χ0) is 24.1. The molecule has 0 aliphatic rings. The number of methoxy groups -OCH3 is 2. The van der Waals surface area contributed by atoms with Crippen LogP contribution in [0.5, 0.6) is 11.5 Å². The van der Waals surface area contributed by atoms with Crippen LogP contribution >= 0.6 is 0 Å². The molecule has 174 valence electrons. The van der Waals surface area contributed by atoms with Gasteiger partial charge in [0.15, 0.2) is 0 Å². The van der Waals surface area contributed by atoms with Crippen molar-refractivity contribution in [2.24, 2.45) is 5.16 Å². The third-order valence-corrected chi connectivity index (χ3v) is 5.66. The number of hydrogen-bond donors (Lipinski definition) is 0. The van der Waals surface area contributed by atoms with Crippen LogP contribution in [-0.2, 0) is 11.4 Å². The number of benzene rings is 3. The quantitative estimate of drug-likeness (QED) is 0.222. The highest BCUT2D eigenvalue weighted by atomic mass is 19.1. The Kier molecular flexibility index (Phi) is 6.97. The molecule has 0 fully saturated rings. The van der Waals surface area contributed by atoms with E-state index in [4.69, 9.17) is 14.3 Å². The van der Waals surface area contributed by atoms with Crippen LogP contribution in [0.3, 0.4) is 0 Å². The largest absolute Gasteiger partial charge is 0.497 e. The van der Waals surface area contributed by atoms with E-state index >= 15 is 0 Å². The van der Waals surface area contributed by atoms with Crippen molar-refractivity contribution in [3.05, 3.63) is 102 Å². The van der Waals surface area contributed by atoms with E-state index in [0.717, 1.165) is 45.2 Å². The Morgan fingerprint density at radius 2 is 1.71 bits per heavy atom. The molecule has 0 N–H and O–H groups in total. The fourth-order valence-corrected chi connectivity index (χ4v) is 3.95. The second-order valence-corrected chi connectivity index (χ2v) is 7.85. The molecule has 0 saturated carbocycles. The lowest BCUT2D eigenvalue weighted by molar-refractivity contribution is 0.130. The minimum atomic E-state index is -0.296. The number of nitrogens with zero attached hydrogens (tertiary/aromatic N) is 2. The van der Waals surface area contributed by atoms with Gasteiger partial charge in [0.1, 0.15) is 23.9 Å². The summed E-state index contributed by atoms with van der Waals surface area (Å²) in [5.74, 6) is 1.12. The number of hydrogen-bond acceptors (Lipinski definition) is 4. The Morgan fingerprint density at radius 3 is 2.41 bits per heavy atom. The molecule has 0 amide bonds. The maximum absolute atomic E-state index is 13.4. The van der Waals surface area contributed by atoms with Crippen molar-refractivity contribution in [2.45, 2.75) is 20.5 Å². The highest BCUT2D eigenvalue weighted by Crippen LogP contribution is 2.35. The number of halogens is 1. The van der Waals surface area contributed by atoms with Crippen molar-refractivity contribution in [1.82, 2.24) is 4.57 Å². The molecular formula is C28H27FN2O3. The van der Waals surface area contributed by atoms with Gasteiger partial charge in [-0.3, -0.25) is 0 Å². The summed E-state index contributed by atoms with van der Waals surface area (Å²) in [6.45, 7) is 4.13. The number of rotatable bonds is 8. The molecule has 0 radical (unpaired) electrons. The van der Waals surface area contributed by atoms with Gasteiger partial charge >= 0.3 is 0 Å². The SMILES string of the molecule is COc1ccc(-n2c(-c3ccccc3)cc(/C(C)=N/OCc3cccc(F)c3)c2C)c(OC)c1. The van der Waals surface area contributed by atoms with Gasteiger partial charge < -0.3 is 18.9 Å².